The summed E-state index contributed by atoms with van der Waals surface area (Å²) in [7, 11) is 0. The first-order chi connectivity index (χ1) is 9.52. The molecule has 2 rings (SSSR count). The number of hydrogen-bond acceptors (Lipinski definition) is 3. The van der Waals surface area contributed by atoms with E-state index < -0.39 is 5.97 Å². The molecule has 0 bridgehead atoms. The first-order valence-corrected chi connectivity index (χ1v) is 7.67. The van der Waals surface area contributed by atoms with Crippen molar-refractivity contribution >= 4 is 23.6 Å². The second-order valence-electron chi connectivity index (χ2n) is 5.04. The standard InChI is InChI=1S/C15H19NO3S/c1-3-10(2)16(9-14(17)18)15(19)13-8-11-6-4-5-7-12(11)20-13/h4-7,10,13H,3,8-9H2,1-2H3,(H,17,18). The van der Waals surface area contributed by atoms with Crippen molar-refractivity contribution in [2.24, 2.45) is 0 Å². The lowest BCUT2D eigenvalue weighted by Gasteiger charge is -2.29. The van der Waals surface area contributed by atoms with Gasteiger partial charge < -0.3 is 10.0 Å². The second-order valence-corrected chi connectivity index (χ2v) is 6.28. The number of rotatable bonds is 5. The Labute approximate surface area is 123 Å². The molecule has 1 aliphatic rings. The predicted molar refractivity (Wildman–Crippen MR) is 78.9 cm³/mol. The van der Waals surface area contributed by atoms with Crippen molar-refractivity contribution in [3.63, 3.8) is 0 Å². The summed E-state index contributed by atoms with van der Waals surface area (Å²) in [4.78, 5) is 26.2. The third-order valence-corrected chi connectivity index (χ3v) is 4.94. The Morgan fingerprint density at radius 3 is 2.75 bits per heavy atom. The zero-order valence-corrected chi connectivity index (χ0v) is 12.5. The molecule has 0 saturated heterocycles. The van der Waals surface area contributed by atoms with Crippen LogP contribution in [0, 0.1) is 0 Å². The van der Waals surface area contributed by atoms with Crippen molar-refractivity contribution in [2.75, 3.05) is 6.54 Å². The van der Waals surface area contributed by atoms with Crippen molar-refractivity contribution in [1.29, 1.82) is 0 Å². The predicted octanol–water partition coefficient (Wildman–Crippen LogP) is 2.42. The van der Waals surface area contributed by atoms with Crippen LogP contribution in [0.5, 0.6) is 0 Å². The molecular formula is C15H19NO3S. The molecule has 0 spiro atoms. The summed E-state index contributed by atoms with van der Waals surface area (Å²) in [6, 6.07) is 7.92. The number of carbonyl (C=O) groups excluding carboxylic acids is 1. The van der Waals surface area contributed by atoms with Crippen molar-refractivity contribution < 1.29 is 14.7 Å². The Kier molecular flexibility index (Phi) is 4.70. The van der Waals surface area contributed by atoms with E-state index in [-0.39, 0.29) is 23.7 Å². The fourth-order valence-corrected chi connectivity index (χ4v) is 3.59. The Balaban J connectivity index is 2.12. The van der Waals surface area contributed by atoms with Gasteiger partial charge in [0.05, 0.1) is 5.25 Å². The maximum absolute atomic E-state index is 12.6. The van der Waals surface area contributed by atoms with E-state index in [2.05, 4.69) is 0 Å². The molecule has 1 aromatic carbocycles. The number of carboxylic acid groups (broad SMARTS) is 1. The van der Waals surface area contributed by atoms with Crippen LogP contribution in [0.2, 0.25) is 0 Å². The summed E-state index contributed by atoms with van der Waals surface area (Å²) in [6.07, 6.45) is 1.44. The first kappa shape index (κ1) is 14.9. The highest BCUT2D eigenvalue weighted by molar-refractivity contribution is 8.01. The van der Waals surface area contributed by atoms with Crippen LogP contribution < -0.4 is 0 Å². The van der Waals surface area contributed by atoms with E-state index in [4.69, 9.17) is 5.11 Å². The minimum absolute atomic E-state index is 0.0529. The molecular weight excluding hydrogens is 274 g/mol. The lowest BCUT2D eigenvalue weighted by atomic mass is 10.1. The summed E-state index contributed by atoms with van der Waals surface area (Å²) in [5.41, 5.74) is 1.18. The molecule has 0 radical (unpaired) electrons. The average molecular weight is 293 g/mol. The second kappa shape index (κ2) is 6.31. The fraction of sp³-hybridized carbons (Fsp3) is 0.467. The fourth-order valence-electron chi connectivity index (χ4n) is 2.32. The van der Waals surface area contributed by atoms with Crippen molar-refractivity contribution in [3.8, 4) is 0 Å². The van der Waals surface area contributed by atoms with Crippen LogP contribution in [-0.4, -0.2) is 39.7 Å². The molecule has 108 valence electrons. The number of hydrogen-bond donors (Lipinski definition) is 1. The monoisotopic (exact) mass is 293 g/mol. The van der Waals surface area contributed by atoms with Crippen LogP contribution in [0.15, 0.2) is 29.2 Å². The Morgan fingerprint density at radius 2 is 2.15 bits per heavy atom. The molecule has 2 unspecified atom stereocenters. The van der Waals surface area contributed by atoms with Crippen LogP contribution in [0.25, 0.3) is 0 Å². The smallest absolute Gasteiger partial charge is 0.323 e. The van der Waals surface area contributed by atoms with Crippen LogP contribution in [0.3, 0.4) is 0 Å². The van der Waals surface area contributed by atoms with Gasteiger partial charge in [-0.1, -0.05) is 25.1 Å². The van der Waals surface area contributed by atoms with Crippen LogP contribution in [0.1, 0.15) is 25.8 Å². The number of fused-ring (bicyclic) bond motifs is 1. The third-order valence-electron chi connectivity index (χ3n) is 3.63. The minimum atomic E-state index is -0.959. The van der Waals surface area contributed by atoms with E-state index >= 15 is 0 Å². The van der Waals surface area contributed by atoms with Crippen LogP contribution in [0.4, 0.5) is 0 Å². The van der Waals surface area contributed by atoms with E-state index in [0.717, 1.165) is 11.3 Å². The first-order valence-electron chi connectivity index (χ1n) is 6.79. The number of amides is 1. The maximum atomic E-state index is 12.6. The Hall–Kier alpha value is -1.49. The Morgan fingerprint density at radius 1 is 1.45 bits per heavy atom. The molecule has 20 heavy (non-hydrogen) atoms. The van der Waals surface area contributed by atoms with E-state index in [1.807, 2.05) is 38.1 Å². The summed E-state index contributed by atoms with van der Waals surface area (Å²) in [6.45, 7) is 3.64. The number of nitrogens with zero attached hydrogens (tertiary/aromatic N) is 1. The van der Waals surface area contributed by atoms with Gasteiger partial charge in [0.15, 0.2) is 0 Å². The number of thioether (sulfide) groups is 1. The van der Waals surface area contributed by atoms with Crippen molar-refractivity contribution in [2.45, 2.75) is 42.9 Å². The lowest BCUT2D eigenvalue weighted by molar-refractivity contribution is -0.145. The van der Waals surface area contributed by atoms with E-state index in [1.165, 1.54) is 10.5 Å². The van der Waals surface area contributed by atoms with Gasteiger partial charge in [-0.25, -0.2) is 0 Å². The van der Waals surface area contributed by atoms with Crippen molar-refractivity contribution in [1.82, 2.24) is 4.90 Å². The van der Waals surface area contributed by atoms with Gasteiger partial charge >= 0.3 is 5.97 Å². The van der Waals surface area contributed by atoms with E-state index in [9.17, 15) is 9.59 Å². The largest absolute Gasteiger partial charge is 0.480 e. The average Bonchev–Trinajstić information content (AvgIpc) is 2.86. The van der Waals surface area contributed by atoms with Gasteiger partial charge in [0.1, 0.15) is 6.54 Å². The topological polar surface area (TPSA) is 57.6 Å². The molecule has 1 N–H and O–H groups in total. The summed E-state index contributed by atoms with van der Waals surface area (Å²) >= 11 is 1.54. The molecule has 2 atom stereocenters. The molecule has 0 fully saturated rings. The molecule has 1 aromatic rings. The quantitative estimate of drug-likeness (QED) is 0.906. The molecule has 0 aromatic heterocycles. The molecule has 1 heterocycles. The SMILES string of the molecule is CCC(C)N(CC(=O)O)C(=O)C1Cc2ccccc2S1. The van der Waals surface area contributed by atoms with Gasteiger partial charge in [0, 0.05) is 10.9 Å². The number of carboxylic acids is 1. The zero-order chi connectivity index (χ0) is 14.7. The molecule has 4 nitrogen and oxygen atoms in total. The molecule has 1 aliphatic heterocycles. The van der Waals surface area contributed by atoms with Crippen molar-refractivity contribution in [3.05, 3.63) is 29.8 Å². The number of benzene rings is 1. The number of aliphatic carboxylic acids is 1. The normalized spacial score (nSPS) is 18.4. The lowest BCUT2D eigenvalue weighted by Crippen LogP contribution is -2.45. The number of carbonyl (C=O) groups is 2. The Bertz CT molecular complexity index is 493. The van der Waals surface area contributed by atoms with E-state index in [0.29, 0.717) is 6.42 Å². The van der Waals surface area contributed by atoms with Crippen LogP contribution in [-0.2, 0) is 16.0 Å². The van der Waals surface area contributed by atoms with Gasteiger partial charge in [-0.15, -0.1) is 11.8 Å². The summed E-state index contributed by atoms with van der Waals surface area (Å²) < 4.78 is 0. The van der Waals surface area contributed by atoms with Gasteiger partial charge in [-0.3, -0.25) is 9.59 Å². The third kappa shape index (κ3) is 3.15. The zero-order valence-electron chi connectivity index (χ0n) is 11.7. The van der Waals surface area contributed by atoms with Gasteiger partial charge in [-0.2, -0.15) is 0 Å². The highest BCUT2D eigenvalue weighted by Gasteiger charge is 2.33. The summed E-state index contributed by atoms with van der Waals surface area (Å²) in [5, 5.41) is 8.80. The van der Waals surface area contributed by atoms with Gasteiger partial charge in [0.25, 0.3) is 0 Å². The van der Waals surface area contributed by atoms with Gasteiger partial charge in [-0.05, 0) is 31.4 Å². The van der Waals surface area contributed by atoms with Crippen LogP contribution >= 0.6 is 11.8 Å². The highest BCUT2D eigenvalue weighted by atomic mass is 32.2. The maximum Gasteiger partial charge on any atom is 0.323 e. The van der Waals surface area contributed by atoms with E-state index in [1.54, 1.807) is 11.8 Å². The molecule has 0 aliphatic carbocycles. The van der Waals surface area contributed by atoms with Gasteiger partial charge in [0.2, 0.25) is 5.91 Å². The highest BCUT2D eigenvalue weighted by Crippen LogP contribution is 2.37. The minimum Gasteiger partial charge on any atom is -0.480 e. The molecule has 1 amide bonds. The molecule has 0 saturated carbocycles. The molecule has 5 heteroatoms. The summed E-state index contributed by atoms with van der Waals surface area (Å²) in [5.74, 6) is -1.03.